The van der Waals surface area contributed by atoms with Crippen LogP contribution in [-0.2, 0) is 25.6 Å². The van der Waals surface area contributed by atoms with E-state index in [1.54, 1.807) is 0 Å². The molecule has 0 aliphatic rings. The predicted molar refractivity (Wildman–Crippen MR) is 94.2 cm³/mol. The van der Waals surface area contributed by atoms with Crippen LogP contribution < -0.4 is 0 Å². The standard InChI is InChI=1S/C17H22N2O9/c20-12-3-1-11(2-4-12)7-13(17(27)28)19(10-16(25)26)6-5-18(8-14(21)22)9-15(23)24/h1-4,13,20H,5-10H2,(H,21,22)(H,23,24)(H,25,26)(H,27,28). The first-order valence-electron chi connectivity index (χ1n) is 8.21. The molecule has 0 amide bonds. The second-order valence-electron chi connectivity index (χ2n) is 6.09. The van der Waals surface area contributed by atoms with Gasteiger partial charge in [-0.25, -0.2) is 0 Å². The number of carboxylic acid groups (broad SMARTS) is 4. The first-order valence-corrected chi connectivity index (χ1v) is 8.21. The second-order valence-corrected chi connectivity index (χ2v) is 6.09. The van der Waals surface area contributed by atoms with E-state index in [-0.39, 0.29) is 25.3 Å². The van der Waals surface area contributed by atoms with Crippen molar-refractivity contribution in [3.8, 4) is 5.75 Å². The maximum Gasteiger partial charge on any atom is 0.321 e. The Morgan fingerprint density at radius 2 is 1.29 bits per heavy atom. The van der Waals surface area contributed by atoms with Gasteiger partial charge in [0.2, 0.25) is 0 Å². The van der Waals surface area contributed by atoms with E-state index in [1.165, 1.54) is 24.3 Å². The van der Waals surface area contributed by atoms with E-state index < -0.39 is 49.6 Å². The third-order valence-electron chi connectivity index (χ3n) is 3.85. The lowest BCUT2D eigenvalue weighted by atomic mass is 10.0. The van der Waals surface area contributed by atoms with Gasteiger partial charge in [-0.3, -0.25) is 29.0 Å². The first-order chi connectivity index (χ1) is 13.1. The zero-order chi connectivity index (χ0) is 21.3. The highest BCUT2D eigenvalue weighted by atomic mass is 16.4. The van der Waals surface area contributed by atoms with Crippen LogP contribution in [0.3, 0.4) is 0 Å². The van der Waals surface area contributed by atoms with Gasteiger partial charge in [0.05, 0.1) is 19.6 Å². The number of aromatic hydroxyl groups is 1. The molecule has 0 radical (unpaired) electrons. The van der Waals surface area contributed by atoms with Gasteiger partial charge in [-0.05, 0) is 24.1 Å². The number of phenols is 1. The van der Waals surface area contributed by atoms with Crippen LogP contribution in [0.2, 0.25) is 0 Å². The number of rotatable bonds is 13. The van der Waals surface area contributed by atoms with Gasteiger partial charge in [0.25, 0.3) is 0 Å². The topological polar surface area (TPSA) is 176 Å². The van der Waals surface area contributed by atoms with Gasteiger partial charge in [-0.2, -0.15) is 0 Å². The Morgan fingerprint density at radius 3 is 1.71 bits per heavy atom. The number of nitrogens with zero attached hydrogens (tertiary/aromatic N) is 2. The van der Waals surface area contributed by atoms with Gasteiger partial charge in [-0.1, -0.05) is 12.1 Å². The second kappa shape index (κ2) is 10.8. The maximum absolute atomic E-state index is 11.7. The molecule has 1 unspecified atom stereocenters. The van der Waals surface area contributed by atoms with Crippen LogP contribution in [0.15, 0.2) is 24.3 Å². The molecule has 0 aliphatic carbocycles. The third-order valence-corrected chi connectivity index (χ3v) is 3.85. The molecule has 1 aromatic carbocycles. The zero-order valence-corrected chi connectivity index (χ0v) is 14.9. The molecule has 0 saturated heterocycles. The Balaban J connectivity index is 2.95. The van der Waals surface area contributed by atoms with E-state index in [2.05, 4.69) is 0 Å². The average Bonchev–Trinajstić information content (AvgIpc) is 2.56. The molecule has 0 saturated carbocycles. The van der Waals surface area contributed by atoms with Crippen LogP contribution in [-0.4, -0.2) is 98.0 Å². The molecule has 0 spiro atoms. The van der Waals surface area contributed by atoms with E-state index in [9.17, 15) is 29.4 Å². The Bertz CT molecular complexity index is 689. The van der Waals surface area contributed by atoms with Crippen molar-refractivity contribution in [2.45, 2.75) is 12.5 Å². The summed E-state index contributed by atoms with van der Waals surface area (Å²) in [5.74, 6) is -5.08. The summed E-state index contributed by atoms with van der Waals surface area (Å²) in [7, 11) is 0. The lowest BCUT2D eigenvalue weighted by Crippen LogP contribution is -2.49. The molecule has 0 bridgehead atoms. The van der Waals surface area contributed by atoms with E-state index >= 15 is 0 Å². The van der Waals surface area contributed by atoms with Crippen molar-refractivity contribution in [1.29, 1.82) is 0 Å². The van der Waals surface area contributed by atoms with Crippen molar-refractivity contribution in [2.75, 3.05) is 32.7 Å². The molecule has 0 fully saturated rings. The van der Waals surface area contributed by atoms with Crippen LogP contribution in [0.25, 0.3) is 0 Å². The third kappa shape index (κ3) is 8.47. The van der Waals surface area contributed by atoms with Crippen molar-refractivity contribution in [1.82, 2.24) is 9.80 Å². The average molecular weight is 398 g/mol. The molecule has 0 aromatic heterocycles. The predicted octanol–water partition coefficient (Wildman–Crippen LogP) is -0.754. The summed E-state index contributed by atoms with van der Waals surface area (Å²) in [4.78, 5) is 46.8. The summed E-state index contributed by atoms with van der Waals surface area (Å²) in [6, 6.07) is 4.52. The van der Waals surface area contributed by atoms with Gasteiger partial charge >= 0.3 is 23.9 Å². The maximum atomic E-state index is 11.7. The SMILES string of the molecule is O=C(O)CN(CCN(CC(=O)O)C(Cc1ccc(O)cc1)C(=O)O)CC(=O)O. The molecule has 11 nitrogen and oxygen atoms in total. The van der Waals surface area contributed by atoms with E-state index in [1.807, 2.05) is 0 Å². The van der Waals surface area contributed by atoms with Crippen LogP contribution in [0.5, 0.6) is 5.75 Å². The Labute approximate surface area is 160 Å². The number of carboxylic acids is 4. The minimum atomic E-state index is -1.28. The largest absolute Gasteiger partial charge is 0.508 e. The lowest BCUT2D eigenvalue weighted by Gasteiger charge is -2.29. The fourth-order valence-electron chi connectivity index (χ4n) is 2.61. The number of benzene rings is 1. The van der Waals surface area contributed by atoms with Gasteiger partial charge in [-0.15, -0.1) is 0 Å². The van der Waals surface area contributed by atoms with Crippen molar-refractivity contribution < 1.29 is 44.7 Å². The van der Waals surface area contributed by atoms with Gasteiger partial charge in [0.15, 0.2) is 0 Å². The molecule has 11 heteroatoms. The monoisotopic (exact) mass is 398 g/mol. The lowest BCUT2D eigenvalue weighted by molar-refractivity contribution is -0.148. The fraction of sp³-hybridized carbons (Fsp3) is 0.412. The molecule has 0 heterocycles. The van der Waals surface area contributed by atoms with Crippen LogP contribution >= 0.6 is 0 Å². The summed E-state index contributed by atoms with van der Waals surface area (Å²) in [5, 5.41) is 45.7. The number of phenolic OH excluding ortho intramolecular Hbond substituents is 1. The highest BCUT2D eigenvalue weighted by molar-refractivity contribution is 5.76. The molecule has 5 N–H and O–H groups in total. The molecule has 0 aliphatic heterocycles. The van der Waals surface area contributed by atoms with E-state index in [4.69, 9.17) is 15.3 Å². The van der Waals surface area contributed by atoms with E-state index in [0.717, 1.165) is 9.80 Å². The highest BCUT2D eigenvalue weighted by Crippen LogP contribution is 2.14. The Hall–Kier alpha value is -3.18. The Morgan fingerprint density at radius 1 is 0.786 bits per heavy atom. The molecular weight excluding hydrogens is 376 g/mol. The van der Waals surface area contributed by atoms with Crippen molar-refractivity contribution in [3.05, 3.63) is 29.8 Å². The summed E-state index contributed by atoms with van der Waals surface area (Å²) in [6.07, 6.45) is -0.0548. The van der Waals surface area contributed by atoms with Gasteiger partial charge in [0.1, 0.15) is 11.8 Å². The van der Waals surface area contributed by atoms with Gasteiger partial charge < -0.3 is 25.5 Å². The summed E-state index contributed by atoms with van der Waals surface area (Å²) in [6.45, 7) is -2.10. The van der Waals surface area contributed by atoms with Crippen LogP contribution in [0.1, 0.15) is 5.56 Å². The van der Waals surface area contributed by atoms with E-state index in [0.29, 0.717) is 5.56 Å². The minimum absolute atomic E-state index is 0.00370. The van der Waals surface area contributed by atoms with Crippen LogP contribution in [0, 0.1) is 0 Å². The molecule has 28 heavy (non-hydrogen) atoms. The molecular formula is C17H22N2O9. The number of hydrogen-bond donors (Lipinski definition) is 5. The van der Waals surface area contributed by atoms with Crippen LogP contribution in [0.4, 0.5) is 0 Å². The number of aliphatic carboxylic acids is 4. The normalized spacial score (nSPS) is 12.1. The molecule has 1 atom stereocenters. The minimum Gasteiger partial charge on any atom is -0.508 e. The smallest absolute Gasteiger partial charge is 0.321 e. The van der Waals surface area contributed by atoms with Crippen molar-refractivity contribution >= 4 is 23.9 Å². The summed E-state index contributed by atoms with van der Waals surface area (Å²) < 4.78 is 0. The molecule has 154 valence electrons. The van der Waals surface area contributed by atoms with Crippen molar-refractivity contribution in [3.63, 3.8) is 0 Å². The quantitative estimate of drug-likeness (QED) is 0.282. The summed E-state index contributed by atoms with van der Waals surface area (Å²) >= 11 is 0. The Kier molecular flexibility index (Phi) is 8.85. The number of hydrogen-bond acceptors (Lipinski definition) is 7. The highest BCUT2D eigenvalue weighted by Gasteiger charge is 2.28. The fourth-order valence-corrected chi connectivity index (χ4v) is 2.61. The summed E-state index contributed by atoms with van der Waals surface area (Å²) in [5.41, 5.74) is 0.550. The zero-order valence-electron chi connectivity index (χ0n) is 14.9. The molecule has 1 rings (SSSR count). The molecule has 1 aromatic rings. The first kappa shape index (κ1) is 22.9. The number of carbonyl (C=O) groups is 4. The van der Waals surface area contributed by atoms with Crippen molar-refractivity contribution in [2.24, 2.45) is 0 Å². The van der Waals surface area contributed by atoms with Gasteiger partial charge in [0, 0.05) is 13.1 Å².